The number of nitrogens with zero attached hydrogens (tertiary/aromatic N) is 8. The number of benzene rings is 4. The summed E-state index contributed by atoms with van der Waals surface area (Å²) < 4.78 is 874. The number of hydrogen-bond acceptors (Lipinski definition) is 6. The molecule has 7 aromatic rings. The van der Waals surface area contributed by atoms with Crippen molar-refractivity contribution in [1.29, 1.82) is 0 Å². The number of halogens is 60. The number of aromatic nitrogens is 8. The fourth-order valence-corrected chi connectivity index (χ4v) is 11.0. The number of alkyl halides is 60. The van der Waals surface area contributed by atoms with Gasteiger partial charge in [0.25, 0.3) is 0 Å². The van der Waals surface area contributed by atoms with Crippen molar-refractivity contribution in [2.75, 3.05) is 0 Å². The summed E-state index contributed by atoms with van der Waals surface area (Å²) in [5.41, 5.74) is -30.8. The van der Waals surface area contributed by atoms with Crippen LogP contribution in [-0.4, -0.2) is 173 Å². The van der Waals surface area contributed by atoms with Crippen LogP contribution < -0.4 is 9.97 Å². The second kappa shape index (κ2) is 28.8. The van der Waals surface area contributed by atoms with Crippen LogP contribution >= 0.6 is 0 Å². The second-order valence-corrected chi connectivity index (χ2v) is 26.3. The van der Waals surface area contributed by atoms with Crippen LogP contribution in [0.25, 0.3) is 89.7 Å². The summed E-state index contributed by atoms with van der Waals surface area (Å²) >= 11 is 0. The van der Waals surface area contributed by atoms with Gasteiger partial charge in [0.1, 0.15) is 0 Å². The first-order valence-electron chi connectivity index (χ1n) is 30.9. The average molecular weight is 2050 g/mol. The van der Waals surface area contributed by atoms with Gasteiger partial charge in [-0.15, -0.1) is 0 Å². The van der Waals surface area contributed by atoms with Gasteiger partial charge in [0.2, 0.25) is 0 Å². The molecule has 0 saturated heterocycles. The fourth-order valence-electron chi connectivity index (χ4n) is 11.0. The third-order valence-electron chi connectivity index (χ3n) is 18.5. The molecule has 2 aliphatic rings. The van der Waals surface area contributed by atoms with E-state index < -0.39 is 352 Å². The molecule has 3 aromatic heterocycles. The molecule has 4 aromatic carbocycles. The van der Waals surface area contributed by atoms with E-state index >= 15 is 105 Å². The van der Waals surface area contributed by atoms with E-state index in [-0.39, 0.29) is 17.1 Å². The molecule has 0 N–H and O–H groups in total. The van der Waals surface area contributed by atoms with Crippen LogP contribution in [0.3, 0.4) is 0 Å². The van der Waals surface area contributed by atoms with Crippen molar-refractivity contribution in [3.05, 3.63) is 95.1 Å². The summed E-state index contributed by atoms with van der Waals surface area (Å²) in [4.78, 5) is 25.6. The quantitative estimate of drug-likeness (QED) is 0.0435. The largest absolute Gasteiger partial charge is 2.00 e. The maximum atomic E-state index is 16.2. The molecule has 0 saturated carbocycles. The van der Waals surface area contributed by atoms with Crippen molar-refractivity contribution in [3.63, 3.8) is 0 Å². The molecule has 0 spiro atoms. The Kier molecular flexibility index (Phi) is 23.4. The van der Waals surface area contributed by atoms with Crippen LogP contribution in [0, 0.1) is 0 Å². The molecule has 0 atom stereocenters. The third kappa shape index (κ3) is 13.4. The van der Waals surface area contributed by atoms with Gasteiger partial charge in [-0.2, -0.15) is 263 Å². The van der Waals surface area contributed by atoms with Crippen LogP contribution in [-0.2, 0) is 40.8 Å². The van der Waals surface area contributed by atoms with E-state index in [0.29, 0.717) is 0 Å². The average Bonchev–Trinajstić information content (AvgIpc) is 0.955. The van der Waals surface area contributed by atoms with Crippen molar-refractivity contribution >= 4 is 44.1 Å². The maximum Gasteiger partial charge on any atom is 2.00 e. The molecular weight excluding hydrogens is 2040 g/mol. The Bertz CT molecular complexity index is 5740. The zero-order valence-electron chi connectivity index (χ0n) is 57.5. The second-order valence-electron chi connectivity index (χ2n) is 26.3. The molecule has 69 heteroatoms. The van der Waals surface area contributed by atoms with E-state index in [0.717, 1.165) is 0 Å². The Balaban J connectivity index is 0.0000206. The Morgan fingerprint density at radius 2 is 0.310 bits per heavy atom. The first-order valence-corrected chi connectivity index (χ1v) is 30.9. The standard InChI is InChI=1S/C60H12F60N8.Cu/c61-33(62,37(69,70)41(77,78)45(85,86)49(93,94)53(101,102)57(109,110)111)13-1-5-17-21(9-13)29-122-25(17)121-26-18-6-2-15(35(65,66)39(73,74)43(81,82)47(89,90)51(97,98)55(105,106)59(115,116)117)11-23(18)31(123-26)128-32-24-12-16(36(67,68)40(75,76)44(83,84)48(91,92)52(99,100)56(107,108)60(118,119)120)4-8-20(24)28(127-32)126-30-22-10-14(3-7-19(22)27(124-29)125-30)34(63,64)38(71,72)42(79,80)46(87,88)50(95,96)54(103,104)58(112,113)114;/h1-12H;/q-2;+2. The smallest absolute Gasteiger partial charge is 0.357 e. The summed E-state index contributed by atoms with van der Waals surface area (Å²) in [6.07, 6.45) is -33.2. The molecule has 9 rings (SSSR count). The van der Waals surface area contributed by atoms with Gasteiger partial charge in [0.05, 0.1) is 23.3 Å². The van der Waals surface area contributed by atoms with Gasteiger partial charge in [-0.3, -0.25) is 0 Å². The summed E-state index contributed by atoms with van der Waals surface area (Å²) in [6, 6.07) is -11.6. The first-order chi connectivity index (χ1) is 56.2. The molecule has 0 unspecified atom stereocenters. The van der Waals surface area contributed by atoms with Crippen molar-refractivity contribution in [1.82, 2.24) is 39.9 Å². The monoisotopic (exact) mass is 2050 g/mol. The van der Waals surface area contributed by atoms with Crippen LogP contribution in [0.2, 0.25) is 0 Å². The van der Waals surface area contributed by atoms with Crippen LogP contribution in [0.4, 0.5) is 263 Å². The summed E-state index contributed by atoms with van der Waals surface area (Å²) in [7, 11) is 0. The maximum absolute atomic E-state index is 16.2. The molecule has 129 heavy (non-hydrogen) atoms. The van der Waals surface area contributed by atoms with Gasteiger partial charge in [0.15, 0.2) is 0 Å². The van der Waals surface area contributed by atoms with E-state index in [2.05, 4.69) is 39.9 Å². The normalized spacial score (nSPS) is 15.8. The number of rotatable bonds is 24. The van der Waals surface area contributed by atoms with E-state index in [1.165, 1.54) is 0 Å². The van der Waals surface area contributed by atoms with E-state index in [4.69, 9.17) is 0 Å². The van der Waals surface area contributed by atoms with E-state index in [1.807, 2.05) is 0 Å². The molecule has 2 aliphatic heterocycles. The van der Waals surface area contributed by atoms with Gasteiger partial charge in [-0.25, -0.2) is 9.97 Å². The summed E-state index contributed by atoms with van der Waals surface area (Å²) in [6.45, 7) is 0. The van der Waals surface area contributed by atoms with Gasteiger partial charge < -0.3 is 29.9 Å². The molecule has 1 radical (unpaired) electrons. The molecule has 0 aliphatic carbocycles. The molecular formula is C60H12CuF60N8. The topological polar surface area (TPSA) is 106 Å². The minimum atomic E-state index is -9.24. The van der Waals surface area contributed by atoms with Crippen LogP contribution in [0.5, 0.6) is 0 Å². The molecule has 723 valence electrons. The molecule has 0 fully saturated rings. The van der Waals surface area contributed by atoms with Crippen LogP contribution in [0.15, 0.2) is 72.8 Å². The summed E-state index contributed by atoms with van der Waals surface area (Å²) in [5, 5.41) is -8.12. The Labute approximate surface area is 671 Å². The zero-order chi connectivity index (χ0) is 99.7. The summed E-state index contributed by atoms with van der Waals surface area (Å²) in [5.74, 6) is -220. The minimum absolute atomic E-state index is 0. The predicted molar refractivity (Wildman–Crippen MR) is 293 cm³/mol. The molecule has 8 bridgehead atoms. The predicted octanol–water partition coefficient (Wildman–Crippen LogP) is 25.4. The number of fused-ring (bicyclic) bond motifs is 20. The van der Waals surface area contributed by atoms with Gasteiger partial charge >= 0.3 is 184 Å². The van der Waals surface area contributed by atoms with Crippen molar-refractivity contribution in [3.8, 4) is 45.6 Å². The van der Waals surface area contributed by atoms with E-state index in [9.17, 15) is 158 Å². The Morgan fingerprint density at radius 3 is 0.504 bits per heavy atom. The molecule has 0 amide bonds. The van der Waals surface area contributed by atoms with E-state index in [1.54, 1.807) is 0 Å². The van der Waals surface area contributed by atoms with Crippen molar-refractivity contribution in [2.45, 2.75) is 167 Å². The minimum Gasteiger partial charge on any atom is -0.357 e. The zero-order valence-corrected chi connectivity index (χ0v) is 58.4. The Morgan fingerprint density at radius 1 is 0.155 bits per heavy atom. The molecule has 8 nitrogen and oxygen atoms in total. The van der Waals surface area contributed by atoms with Gasteiger partial charge in [-0.1, -0.05) is 48.5 Å². The van der Waals surface area contributed by atoms with Crippen LogP contribution in [0.1, 0.15) is 22.3 Å². The van der Waals surface area contributed by atoms with Gasteiger partial charge in [0, 0.05) is 67.1 Å². The third-order valence-corrected chi connectivity index (χ3v) is 18.5. The fraction of sp³-hybridized carbons (Fsp3) is 0.467. The number of hydrogen-bond donors (Lipinski definition) is 0. The van der Waals surface area contributed by atoms with Gasteiger partial charge in [-0.05, 0) is 45.8 Å². The first kappa shape index (κ1) is 105. The SMILES string of the molecule is FC(F)(F)C(F)(F)C(F)(F)C(F)(F)C(F)(F)C(F)(F)C(F)(F)c1ccc2c(c1)-c1nc-2nc2[n-]c(nc3nc(nc4[n-]c(n1)c1ccc(C(F)(F)C(F)(F)C(F)(F)C(F)(F)C(F)(F)C(F)(F)C(F)(F)F)cc41)-c1cc(C(F)(F)C(F)(F)C(F)(F)C(F)(F)C(F)(F)C(F)(F)C(F)(F)F)ccc1-3)c1ccc(C(F)(F)C(F)(F)C(F)(F)C(F)(F)C(F)(F)C(F)(F)C(F)(F)F)cc21.[Cu+2]. The van der Waals surface area contributed by atoms with Crippen molar-refractivity contribution < 1.29 is 280 Å². The van der Waals surface area contributed by atoms with Crippen molar-refractivity contribution in [2.24, 2.45) is 0 Å². The molecule has 5 heterocycles. The Hall–Kier alpha value is -9.44.